The van der Waals surface area contributed by atoms with Crippen LogP contribution in [0.3, 0.4) is 0 Å². The van der Waals surface area contributed by atoms with Crippen LogP contribution in [0.15, 0.2) is 72.9 Å². The zero-order valence-electron chi connectivity index (χ0n) is 14.9. The quantitative estimate of drug-likeness (QED) is 0.621. The maximum Gasteiger partial charge on any atom is 0.417 e. The monoisotopic (exact) mass is 386 g/mol. The number of anilines is 1. The van der Waals surface area contributed by atoms with E-state index in [0.717, 1.165) is 24.3 Å². The van der Waals surface area contributed by atoms with E-state index < -0.39 is 23.8 Å². The highest BCUT2D eigenvalue weighted by molar-refractivity contribution is 5.93. The molecule has 0 radical (unpaired) electrons. The molecule has 144 valence electrons. The average Bonchev–Trinajstić information content (AvgIpc) is 2.72. The average molecular weight is 386 g/mol. The molecule has 0 aliphatic carbocycles. The summed E-state index contributed by atoms with van der Waals surface area (Å²) in [5.41, 5.74) is 0.415. The van der Waals surface area contributed by atoms with Crippen molar-refractivity contribution in [1.82, 2.24) is 4.98 Å². The van der Waals surface area contributed by atoms with Gasteiger partial charge in [-0.15, -0.1) is 0 Å². The Morgan fingerprint density at radius 3 is 2.00 bits per heavy atom. The maximum atomic E-state index is 13.2. The molecule has 28 heavy (non-hydrogen) atoms. The zero-order valence-corrected chi connectivity index (χ0v) is 14.9. The number of pyridine rings is 1. The summed E-state index contributed by atoms with van der Waals surface area (Å²) in [5.74, 6) is -0.823. The third-order valence-electron chi connectivity index (χ3n) is 4.16. The molecule has 0 saturated heterocycles. The van der Waals surface area contributed by atoms with Crippen LogP contribution < -0.4 is 5.32 Å². The second kappa shape index (κ2) is 8.12. The fraction of sp³-hybridized carbons (Fsp3) is 0.143. The molecule has 0 aliphatic heterocycles. The molecule has 7 heteroatoms. The van der Waals surface area contributed by atoms with E-state index in [0.29, 0.717) is 6.20 Å². The summed E-state index contributed by atoms with van der Waals surface area (Å²) >= 11 is 0. The predicted octanol–water partition coefficient (Wildman–Crippen LogP) is 5.09. The molecule has 0 spiro atoms. The van der Waals surface area contributed by atoms with E-state index >= 15 is 0 Å². The van der Waals surface area contributed by atoms with Gasteiger partial charge in [0.05, 0.1) is 24.4 Å². The van der Waals surface area contributed by atoms with Gasteiger partial charge >= 0.3 is 12.1 Å². The molecule has 1 heterocycles. The lowest BCUT2D eigenvalue weighted by Crippen LogP contribution is -2.18. The van der Waals surface area contributed by atoms with Gasteiger partial charge in [-0.2, -0.15) is 13.2 Å². The first kappa shape index (κ1) is 19.4. The van der Waals surface area contributed by atoms with E-state index in [1.165, 1.54) is 0 Å². The van der Waals surface area contributed by atoms with Crippen LogP contribution in [-0.2, 0) is 10.9 Å². The number of hydrogen-bond acceptors (Lipinski definition) is 4. The first-order chi connectivity index (χ1) is 13.4. The number of rotatable bonds is 5. The minimum Gasteiger partial charge on any atom is -0.464 e. The number of halogens is 3. The molecule has 1 aromatic heterocycles. The molecule has 3 rings (SSSR count). The van der Waals surface area contributed by atoms with Crippen molar-refractivity contribution in [1.29, 1.82) is 0 Å². The summed E-state index contributed by atoms with van der Waals surface area (Å²) in [6.45, 7) is 0. The van der Waals surface area contributed by atoms with Crippen molar-refractivity contribution in [2.45, 2.75) is 12.2 Å². The van der Waals surface area contributed by atoms with Crippen molar-refractivity contribution >= 4 is 11.7 Å². The Morgan fingerprint density at radius 1 is 1.00 bits per heavy atom. The molecule has 0 saturated carbocycles. The number of benzene rings is 2. The third kappa shape index (κ3) is 4.31. The van der Waals surface area contributed by atoms with Gasteiger partial charge in [-0.3, -0.25) is 0 Å². The molecular formula is C21H17F3N2O2. The fourth-order valence-corrected chi connectivity index (χ4v) is 2.79. The van der Waals surface area contributed by atoms with Crippen molar-refractivity contribution in [3.63, 3.8) is 0 Å². The molecular weight excluding hydrogens is 369 g/mol. The Balaban J connectivity index is 2.10. The molecule has 0 aliphatic rings. The van der Waals surface area contributed by atoms with Crippen LogP contribution >= 0.6 is 0 Å². The summed E-state index contributed by atoms with van der Waals surface area (Å²) in [6, 6.07) is 18.8. The second-order valence-electron chi connectivity index (χ2n) is 6.01. The van der Waals surface area contributed by atoms with Gasteiger partial charge in [0.1, 0.15) is 0 Å². The van der Waals surface area contributed by atoms with Crippen molar-refractivity contribution in [2.24, 2.45) is 0 Å². The van der Waals surface area contributed by atoms with E-state index in [1.807, 2.05) is 60.7 Å². The molecule has 0 amide bonds. The summed E-state index contributed by atoms with van der Waals surface area (Å²) in [7, 11) is 1.15. The Kier molecular flexibility index (Phi) is 5.63. The molecule has 0 bridgehead atoms. The number of methoxy groups -OCH3 is 1. The summed E-state index contributed by atoms with van der Waals surface area (Å²) < 4.78 is 44.2. The van der Waals surface area contributed by atoms with Crippen molar-refractivity contribution in [3.8, 4) is 0 Å². The van der Waals surface area contributed by atoms with Crippen LogP contribution in [0.1, 0.15) is 33.2 Å². The van der Waals surface area contributed by atoms with Crippen LogP contribution in [0.4, 0.5) is 18.9 Å². The van der Waals surface area contributed by atoms with E-state index in [-0.39, 0.29) is 11.4 Å². The summed E-state index contributed by atoms with van der Waals surface area (Å²) in [4.78, 5) is 15.7. The Hall–Kier alpha value is -3.35. The van der Waals surface area contributed by atoms with E-state index in [1.54, 1.807) is 0 Å². The number of alkyl halides is 3. The van der Waals surface area contributed by atoms with Crippen LogP contribution in [0.25, 0.3) is 0 Å². The number of ether oxygens (including phenoxy) is 1. The standard InChI is InChI=1S/C21H17F3N2O2/c1-28-20(27)19-17(12-16(13-25-19)21(22,23)24)26-18(14-8-4-2-5-9-14)15-10-6-3-7-11-15/h2-13,18,26H,1H3. The van der Waals surface area contributed by atoms with E-state index in [2.05, 4.69) is 15.0 Å². The molecule has 1 N–H and O–H groups in total. The summed E-state index contributed by atoms with van der Waals surface area (Å²) in [5, 5.41) is 3.04. The SMILES string of the molecule is COC(=O)c1ncc(C(F)(F)F)cc1NC(c1ccccc1)c1ccccc1. The minimum absolute atomic E-state index is 0.0561. The molecule has 3 aromatic rings. The van der Waals surface area contributed by atoms with Crippen molar-refractivity contribution < 1.29 is 22.7 Å². The van der Waals surface area contributed by atoms with Gasteiger partial charge in [0.2, 0.25) is 0 Å². The molecule has 0 unspecified atom stereocenters. The topological polar surface area (TPSA) is 51.2 Å². The largest absolute Gasteiger partial charge is 0.464 e. The second-order valence-corrected chi connectivity index (χ2v) is 6.01. The predicted molar refractivity (Wildman–Crippen MR) is 98.9 cm³/mol. The molecule has 2 aromatic carbocycles. The molecule has 0 fully saturated rings. The van der Waals surface area contributed by atoms with Crippen LogP contribution in [0.2, 0.25) is 0 Å². The highest BCUT2D eigenvalue weighted by Gasteiger charge is 2.33. The lowest BCUT2D eigenvalue weighted by atomic mass is 9.98. The van der Waals surface area contributed by atoms with Gasteiger partial charge in [0.15, 0.2) is 5.69 Å². The maximum absolute atomic E-state index is 13.2. The minimum atomic E-state index is -4.59. The lowest BCUT2D eigenvalue weighted by Gasteiger charge is -2.23. The van der Waals surface area contributed by atoms with Crippen LogP contribution in [-0.4, -0.2) is 18.1 Å². The number of esters is 1. The highest BCUT2D eigenvalue weighted by atomic mass is 19.4. The van der Waals surface area contributed by atoms with Gasteiger partial charge in [-0.05, 0) is 17.2 Å². The Morgan fingerprint density at radius 2 is 1.54 bits per heavy atom. The number of aromatic nitrogens is 1. The highest BCUT2D eigenvalue weighted by Crippen LogP contribution is 2.34. The lowest BCUT2D eigenvalue weighted by molar-refractivity contribution is -0.137. The van der Waals surface area contributed by atoms with Gasteiger partial charge < -0.3 is 10.1 Å². The van der Waals surface area contributed by atoms with Gasteiger partial charge in [0.25, 0.3) is 0 Å². The van der Waals surface area contributed by atoms with Crippen LogP contribution in [0, 0.1) is 0 Å². The first-order valence-electron chi connectivity index (χ1n) is 8.42. The molecule has 4 nitrogen and oxygen atoms in total. The summed E-state index contributed by atoms with van der Waals surface area (Å²) in [6.07, 6.45) is -3.97. The third-order valence-corrected chi connectivity index (χ3v) is 4.16. The smallest absolute Gasteiger partial charge is 0.417 e. The van der Waals surface area contributed by atoms with Crippen molar-refractivity contribution in [3.05, 3.63) is 95.3 Å². The van der Waals surface area contributed by atoms with Crippen LogP contribution in [0.5, 0.6) is 0 Å². The molecule has 0 atom stereocenters. The van der Waals surface area contributed by atoms with Gasteiger partial charge in [-0.1, -0.05) is 60.7 Å². The Bertz CT molecular complexity index is 905. The van der Waals surface area contributed by atoms with Crippen molar-refractivity contribution in [2.75, 3.05) is 12.4 Å². The zero-order chi connectivity index (χ0) is 20.1. The number of carbonyl (C=O) groups is 1. The van der Waals surface area contributed by atoms with E-state index in [9.17, 15) is 18.0 Å². The number of nitrogens with one attached hydrogen (secondary N) is 1. The normalized spacial score (nSPS) is 11.3. The van der Waals surface area contributed by atoms with Gasteiger partial charge in [-0.25, -0.2) is 9.78 Å². The number of carbonyl (C=O) groups excluding carboxylic acids is 1. The number of hydrogen-bond donors (Lipinski definition) is 1. The Labute approximate surface area is 160 Å². The van der Waals surface area contributed by atoms with E-state index in [4.69, 9.17) is 0 Å². The number of nitrogens with zero attached hydrogens (tertiary/aromatic N) is 1. The first-order valence-corrected chi connectivity index (χ1v) is 8.42. The fourth-order valence-electron chi connectivity index (χ4n) is 2.79. The van der Waals surface area contributed by atoms with Gasteiger partial charge in [0, 0.05) is 6.20 Å².